The van der Waals surface area contributed by atoms with Crippen LogP contribution in [0, 0.1) is 10.1 Å². The number of nitro groups is 1. The molecule has 11 heteroatoms. The predicted molar refractivity (Wildman–Crippen MR) is 130 cm³/mol. The Kier molecular flexibility index (Phi) is 7.07. The van der Waals surface area contributed by atoms with Crippen LogP contribution in [0.2, 0.25) is 0 Å². The van der Waals surface area contributed by atoms with Gasteiger partial charge in [0.2, 0.25) is 0 Å². The SMILES string of the molecule is CN1CCN(c2ccc(NCC3CN(C)CC(Br)N3c3ccc([N+](=O)[O-])nc3)nc2)CC1. The van der Waals surface area contributed by atoms with Crippen LogP contribution in [0.5, 0.6) is 0 Å². The van der Waals surface area contributed by atoms with Gasteiger partial charge >= 0.3 is 5.82 Å². The molecule has 0 radical (unpaired) electrons. The third kappa shape index (κ3) is 5.28. The lowest BCUT2D eigenvalue weighted by Crippen LogP contribution is -2.58. The van der Waals surface area contributed by atoms with Crippen molar-refractivity contribution in [3.63, 3.8) is 0 Å². The maximum Gasteiger partial charge on any atom is 0.363 e. The number of halogens is 1. The average molecular weight is 505 g/mol. The summed E-state index contributed by atoms with van der Waals surface area (Å²) in [5, 5.41) is 14.4. The van der Waals surface area contributed by atoms with Gasteiger partial charge in [-0.3, -0.25) is 0 Å². The molecule has 0 bridgehead atoms. The fraction of sp³-hybridized carbons (Fsp3) is 0.524. The van der Waals surface area contributed by atoms with E-state index >= 15 is 0 Å². The van der Waals surface area contributed by atoms with Crippen molar-refractivity contribution in [3.8, 4) is 0 Å². The molecule has 0 aliphatic carbocycles. The molecular formula is C21H29BrN8O2. The minimum absolute atomic E-state index is 0.0730. The third-order valence-corrected chi connectivity index (χ3v) is 6.76. The van der Waals surface area contributed by atoms with Gasteiger partial charge in [0.05, 0.1) is 28.6 Å². The molecule has 32 heavy (non-hydrogen) atoms. The van der Waals surface area contributed by atoms with Crippen LogP contribution in [0.3, 0.4) is 0 Å². The molecule has 2 aromatic heterocycles. The first-order valence-corrected chi connectivity index (χ1v) is 11.7. The Labute approximate surface area is 196 Å². The topological polar surface area (TPSA) is 93.9 Å². The highest BCUT2D eigenvalue weighted by Crippen LogP contribution is 2.28. The molecule has 2 aliphatic heterocycles. The highest BCUT2D eigenvalue weighted by molar-refractivity contribution is 9.09. The maximum absolute atomic E-state index is 11.0. The van der Waals surface area contributed by atoms with E-state index in [0.29, 0.717) is 6.54 Å². The van der Waals surface area contributed by atoms with E-state index in [-0.39, 0.29) is 16.8 Å². The lowest BCUT2D eigenvalue weighted by molar-refractivity contribution is -0.389. The summed E-state index contributed by atoms with van der Waals surface area (Å²) in [6.07, 6.45) is 3.51. The van der Waals surface area contributed by atoms with E-state index in [2.05, 4.69) is 71.0 Å². The summed E-state index contributed by atoms with van der Waals surface area (Å²) in [4.78, 5) is 28.4. The van der Waals surface area contributed by atoms with Crippen LogP contribution < -0.4 is 15.1 Å². The van der Waals surface area contributed by atoms with Crippen molar-refractivity contribution in [1.82, 2.24) is 19.8 Å². The summed E-state index contributed by atoms with van der Waals surface area (Å²) in [6.45, 7) is 6.54. The number of pyridine rings is 2. The zero-order chi connectivity index (χ0) is 22.7. The van der Waals surface area contributed by atoms with E-state index in [4.69, 9.17) is 0 Å². The van der Waals surface area contributed by atoms with Gasteiger partial charge in [-0.15, -0.1) is 0 Å². The van der Waals surface area contributed by atoms with Gasteiger partial charge in [0.1, 0.15) is 5.82 Å². The van der Waals surface area contributed by atoms with Gasteiger partial charge in [-0.2, -0.15) is 0 Å². The summed E-state index contributed by atoms with van der Waals surface area (Å²) in [5.41, 5.74) is 2.01. The minimum atomic E-state index is -0.476. The fourth-order valence-corrected chi connectivity index (χ4v) is 5.30. The molecule has 2 atom stereocenters. The summed E-state index contributed by atoms with van der Waals surface area (Å²) >= 11 is 3.77. The molecule has 172 valence electrons. The number of nitrogens with one attached hydrogen (secondary N) is 1. The highest BCUT2D eigenvalue weighted by Gasteiger charge is 2.32. The third-order valence-electron chi connectivity index (χ3n) is 6.03. The second kappa shape index (κ2) is 9.97. The number of piperazine rings is 2. The van der Waals surface area contributed by atoms with Crippen LogP contribution in [0.4, 0.5) is 23.0 Å². The molecule has 10 nitrogen and oxygen atoms in total. The van der Waals surface area contributed by atoms with Gasteiger partial charge < -0.3 is 35.0 Å². The highest BCUT2D eigenvalue weighted by atomic mass is 79.9. The summed E-state index contributed by atoms with van der Waals surface area (Å²) in [6, 6.07) is 7.51. The number of hydrogen-bond donors (Lipinski definition) is 1. The molecule has 4 rings (SSSR count). The number of alkyl halides is 1. The van der Waals surface area contributed by atoms with Gasteiger partial charge in [-0.25, -0.2) is 4.98 Å². The molecule has 2 aromatic rings. The van der Waals surface area contributed by atoms with Crippen LogP contribution >= 0.6 is 15.9 Å². The van der Waals surface area contributed by atoms with Gasteiger partial charge in [0.25, 0.3) is 0 Å². The molecule has 0 aromatic carbocycles. The quantitative estimate of drug-likeness (QED) is 0.274. The number of anilines is 3. The average Bonchev–Trinajstić information content (AvgIpc) is 2.78. The van der Waals surface area contributed by atoms with E-state index in [9.17, 15) is 10.1 Å². The molecule has 2 fully saturated rings. The Bertz CT molecular complexity index is 905. The molecule has 0 spiro atoms. The summed E-state index contributed by atoms with van der Waals surface area (Å²) < 4.78 is 0. The zero-order valence-corrected chi connectivity index (χ0v) is 20.0. The molecule has 0 amide bonds. The standard InChI is InChI=1S/C21H29BrN8O2/c1-26-7-9-28(10-8-26)16-3-5-20(23-11-16)24-13-18-14-27(2)15-19(22)29(18)17-4-6-21(25-12-17)30(31)32/h3-6,11-12,18-19H,7-10,13-15H2,1-2H3,(H,23,24). The van der Waals surface area contributed by atoms with Crippen LogP contribution in [0.25, 0.3) is 0 Å². The predicted octanol–water partition coefficient (Wildman–Crippen LogP) is 2.09. The van der Waals surface area contributed by atoms with Crippen LogP contribution in [0.1, 0.15) is 0 Å². The Hall–Kier alpha value is -2.50. The smallest absolute Gasteiger partial charge is 0.363 e. The van der Waals surface area contributed by atoms with Crippen molar-refractivity contribution in [1.29, 1.82) is 0 Å². The number of rotatable bonds is 6. The summed E-state index contributed by atoms with van der Waals surface area (Å²) in [5.74, 6) is 0.692. The molecule has 1 N–H and O–H groups in total. The number of likely N-dealkylation sites (N-methyl/N-ethyl adjacent to an activating group) is 2. The largest absolute Gasteiger partial charge is 0.368 e. The van der Waals surface area contributed by atoms with Crippen molar-refractivity contribution in [3.05, 3.63) is 46.8 Å². The van der Waals surface area contributed by atoms with Gasteiger partial charge in [-0.05, 0) is 42.2 Å². The second-order valence-electron chi connectivity index (χ2n) is 8.42. The van der Waals surface area contributed by atoms with Gasteiger partial charge in [0.15, 0.2) is 6.20 Å². The Balaban J connectivity index is 1.42. The zero-order valence-electron chi connectivity index (χ0n) is 18.4. The van der Waals surface area contributed by atoms with Crippen LogP contribution in [-0.4, -0.2) is 95.6 Å². The van der Waals surface area contributed by atoms with E-state index in [1.54, 1.807) is 12.3 Å². The van der Waals surface area contributed by atoms with E-state index in [0.717, 1.165) is 56.5 Å². The Morgan fingerprint density at radius 2 is 1.75 bits per heavy atom. The van der Waals surface area contributed by atoms with E-state index in [1.165, 1.54) is 6.07 Å². The molecule has 2 aliphatic rings. The molecule has 4 heterocycles. The molecule has 2 saturated heterocycles. The van der Waals surface area contributed by atoms with E-state index < -0.39 is 4.92 Å². The number of aromatic nitrogens is 2. The van der Waals surface area contributed by atoms with Crippen LogP contribution in [-0.2, 0) is 0 Å². The Morgan fingerprint density at radius 3 is 2.38 bits per heavy atom. The van der Waals surface area contributed by atoms with Crippen molar-refractivity contribution in [2.45, 2.75) is 11.0 Å². The fourth-order valence-electron chi connectivity index (χ4n) is 4.24. The minimum Gasteiger partial charge on any atom is -0.368 e. The first kappa shape index (κ1) is 22.7. The van der Waals surface area contributed by atoms with E-state index in [1.807, 2.05) is 12.3 Å². The van der Waals surface area contributed by atoms with Gasteiger partial charge in [0, 0.05) is 51.9 Å². The first-order chi connectivity index (χ1) is 15.4. The first-order valence-electron chi connectivity index (χ1n) is 10.8. The van der Waals surface area contributed by atoms with Crippen molar-refractivity contribution in [2.75, 3.05) is 75.0 Å². The van der Waals surface area contributed by atoms with Crippen molar-refractivity contribution in [2.24, 2.45) is 0 Å². The van der Waals surface area contributed by atoms with Crippen LogP contribution in [0.15, 0.2) is 36.7 Å². The Morgan fingerprint density at radius 1 is 1.03 bits per heavy atom. The maximum atomic E-state index is 11.0. The van der Waals surface area contributed by atoms with Crippen molar-refractivity contribution < 1.29 is 4.92 Å². The monoisotopic (exact) mass is 504 g/mol. The molecule has 0 saturated carbocycles. The lowest BCUT2D eigenvalue weighted by atomic mass is 10.1. The lowest BCUT2D eigenvalue weighted by Gasteiger charge is -2.44. The van der Waals surface area contributed by atoms with Crippen molar-refractivity contribution >= 4 is 38.9 Å². The number of hydrogen-bond acceptors (Lipinski definition) is 9. The normalized spacial score (nSPS) is 22.7. The van der Waals surface area contributed by atoms with Gasteiger partial charge in [-0.1, -0.05) is 15.9 Å². The molecule has 2 unspecified atom stereocenters. The number of nitrogens with zero attached hydrogens (tertiary/aromatic N) is 7. The summed E-state index contributed by atoms with van der Waals surface area (Å²) in [7, 11) is 4.24. The second-order valence-corrected chi connectivity index (χ2v) is 9.48. The molecular weight excluding hydrogens is 476 g/mol.